The molecule has 6 nitrogen and oxygen atoms in total. The lowest BCUT2D eigenvalue weighted by Crippen LogP contribution is -2.04. The van der Waals surface area contributed by atoms with Gasteiger partial charge in [0, 0.05) is 18.7 Å². The fourth-order valence-corrected chi connectivity index (χ4v) is 1.71. The second-order valence-electron chi connectivity index (χ2n) is 4.15. The van der Waals surface area contributed by atoms with Gasteiger partial charge in [0.1, 0.15) is 12.4 Å². The highest BCUT2D eigenvalue weighted by Gasteiger charge is 2.07. The molecule has 0 saturated carbocycles. The van der Waals surface area contributed by atoms with Crippen LogP contribution >= 0.6 is 0 Å². The second kappa shape index (κ2) is 7.44. The first-order chi connectivity index (χ1) is 10.3. The summed E-state index contributed by atoms with van der Waals surface area (Å²) in [6.07, 6.45) is 0. The molecule has 0 spiro atoms. The van der Waals surface area contributed by atoms with E-state index in [0.717, 1.165) is 17.0 Å². The highest BCUT2D eigenvalue weighted by molar-refractivity contribution is 5.61. The van der Waals surface area contributed by atoms with Crippen LogP contribution in [-0.2, 0) is 4.74 Å². The van der Waals surface area contributed by atoms with Gasteiger partial charge < -0.3 is 18.9 Å². The largest absolute Gasteiger partial charge is 0.491 e. The number of rotatable bonds is 7. The summed E-state index contributed by atoms with van der Waals surface area (Å²) in [6, 6.07) is 9.62. The standard InChI is InChI=1S/C15H18N2O4/c1-18-8-9-21-12-6-4-11(5-7-12)13-10-14(19-2)17-15(16-13)20-3/h4-7,10H,8-9H2,1-3H3. The second-order valence-corrected chi connectivity index (χ2v) is 4.15. The summed E-state index contributed by atoms with van der Waals surface area (Å²) < 4.78 is 20.7. The summed E-state index contributed by atoms with van der Waals surface area (Å²) in [6.45, 7) is 1.08. The predicted octanol–water partition coefficient (Wildman–Crippen LogP) is 2.19. The van der Waals surface area contributed by atoms with Crippen molar-refractivity contribution in [2.45, 2.75) is 0 Å². The van der Waals surface area contributed by atoms with Crippen LogP contribution in [0.2, 0.25) is 0 Å². The zero-order chi connectivity index (χ0) is 15.1. The van der Waals surface area contributed by atoms with Crippen LogP contribution < -0.4 is 14.2 Å². The monoisotopic (exact) mass is 290 g/mol. The number of hydrogen-bond acceptors (Lipinski definition) is 6. The maximum Gasteiger partial charge on any atom is 0.320 e. The first-order valence-corrected chi connectivity index (χ1v) is 6.46. The molecule has 0 N–H and O–H groups in total. The highest BCUT2D eigenvalue weighted by atomic mass is 16.5. The summed E-state index contributed by atoms with van der Waals surface area (Å²) in [5.41, 5.74) is 1.65. The molecule has 1 aromatic carbocycles. The third-order valence-corrected chi connectivity index (χ3v) is 2.78. The van der Waals surface area contributed by atoms with E-state index in [4.69, 9.17) is 18.9 Å². The molecule has 1 aromatic heterocycles. The van der Waals surface area contributed by atoms with Gasteiger partial charge in [-0.15, -0.1) is 0 Å². The van der Waals surface area contributed by atoms with Crippen molar-refractivity contribution in [2.24, 2.45) is 0 Å². The van der Waals surface area contributed by atoms with Crippen molar-refractivity contribution < 1.29 is 18.9 Å². The van der Waals surface area contributed by atoms with Crippen LogP contribution in [0.3, 0.4) is 0 Å². The predicted molar refractivity (Wildman–Crippen MR) is 77.9 cm³/mol. The number of hydrogen-bond donors (Lipinski definition) is 0. The van der Waals surface area contributed by atoms with Crippen molar-refractivity contribution in [1.29, 1.82) is 0 Å². The Kier molecular flexibility index (Phi) is 5.34. The first kappa shape index (κ1) is 15.1. The fourth-order valence-electron chi connectivity index (χ4n) is 1.71. The SMILES string of the molecule is COCCOc1ccc(-c2cc(OC)nc(OC)n2)cc1. The topological polar surface area (TPSA) is 62.7 Å². The molecule has 2 rings (SSSR count). The van der Waals surface area contributed by atoms with Gasteiger partial charge in [-0.1, -0.05) is 0 Å². The Morgan fingerprint density at radius 2 is 1.67 bits per heavy atom. The minimum absolute atomic E-state index is 0.268. The smallest absolute Gasteiger partial charge is 0.320 e. The fraction of sp³-hybridized carbons (Fsp3) is 0.333. The van der Waals surface area contributed by atoms with Gasteiger partial charge in [0.2, 0.25) is 5.88 Å². The molecule has 112 valence electrons. The van der Waals surface area contributed by atoms with Crippen molar-refractivity contribution >= 4 is 0 Å². The van der Waals surface area contributed by atoms with Crippen molar-refractivity contribution in [2.75, 3.05) is 34.5 Å². The van der Waals surface area contributed by atoms with Gasteiger partial charge in [-0.3, -0.25) is 0 Å². The lowest BCUT2D eigenvalue weighted by molar-refractivity contribution is 0.146. The van der Waals surface area contributed by atoms with E-state index in [-0.39, 0.29) is 6.01 Å². The zero-order valence-corrected chi connectivity index (χ0v) is 12.3. The van der Waals surface area contributed by atoms with E-state index < -0.39 is 0 Å². The van der Waals surface area contributed by atoms with E-state index in [1.807, 2.05) is 24.3 Å². The van der Waals surface area contributed by atoms with Gasteiger partial charge in [0.25, 0.3) is 0 Å². The maximum atomic E-state index is 5.52. The average Bonchev–Trinajstić information content (AvgIpc) is 2.55. The molecule has 0 atom stereocenters. The number of benzene rings is 1. The van der Waals surface area contributed by atoms with Crippen LogP contribution in [0.4, 0.5) is 0 Å². The molecular formula is C15H18N2O4. The van der Waals surface area contributed by atoms with E-state index in [0.29, 0.717) is 19.1 Å². The lowest BCUT2D eigenvalue weighted by Gasteiger charge is -2.08. The third-order valence-electron chi connectivity index (χ3n) is 2.78. The van der Waals surface area contributed by atoms with Gasteiger partial charge in [-0.05, 0) is 24.3 Å². The van der Waals surface area contributed by atoms with Gasteiger partial charge in [-0.25, -0.2) is 0 Å². The number of methoxy groups -OCH3 is 3. The number of ether oxygens (including phenoxy) is 4. The molecule has 0 bridgehead atoms. The summed E-state index contributed by atoms with van der Waals surface area (Å²) in [5.74, 6) is 1.24. The van der Waals surface area contributed by atoms with E-state index in [2.05, 4.69) is 9.97 Å². The Balaban J connectivity index is 2.18. The summed E-state index contributed by atoms with van der Waals surface area (Å²) >= 11 is 0. The maximum absolute atomic E-state index is 5.52. The van der Waals surface area contributed by atoms with Gasteiger partial charge >= 0.3 is 6.01 Å². The van der Waals surface area contributed by atoms with Gasteiger partial charge in [0.05, 0.1) is 26.5 Å². The van der Waals surface area contributed by atoms with E-state index in [1.54, 1.807) is 20.3 Å². The highest BCUT2D eigenvalue weighted by Crippen LogP contribution is 2.25. The minimum Gasteiger partial charge on any atom is -0.491 e. The van der Waals surface area contributed by atoms with Crippen LogP contribution in [-0.4, -0.2) is 44.5 Å². The molecule has 0 fully saturated rings. The zero-order valence-electron chi connectivity index (χ0n) is 12.3. The van der Waals surface area contributed by atoms with Crippen LogP contribution in [0.25, 0.3) is 11.3 Å². The molecule has 0 aliphatic carbocycles. The van der Waals surface area contributed by atoms with Crippen molar-refractivity contribution in [3.63, 3.8) is 0 Å². The molecule has 0 saturated heterocycles. The summed E-state index contributed by atoms with van der Waals surface area (Å²) in [7, 11) is 4.71. The molecule has 1 heterocycles. The quantitative estimate of drug-likeness (QED) is 0.728. The Hall–Kier alpha value is -2.34. The molecule has 6 heteroatoms. The summed E-state index contributed by atoms with van der Waals surface area (Å²) in [4.78, 5) is 8.37. The van der Waals surface area contributed by atoms with Crippen LogP contribution in [0.1, 0.15) is 0 Å². The van der Waals surface area contributed by atoms with E-state index >= 15 is 0 Å². The number of aromatic nitrogens is 2. The molecule has 2 aromatic rings. The normalized spacial score (nSPS) is 10.2. The average molecular weight is 290 g/mol. The Morgan fingerprint density at radius 1 is 0.905 bits per heavy atom. The molecule has 21 heavy (non-hydrogen) atoms. The lowest BCUT2D eigenvalue weighted by atomic mass is 10.1. The van der Waals surface area contributed by atoms with Crippen LogP contribution in [0, 0.1) is 0 Å². The molecule has 0 unspecified atom stereocenters. The Morgan fingerprint density at radius 3 is 2.29 bits per heavy atom. The summed E-state index contributed by atoms with van der Waals surface area (Å²) in [5, 5.41) is 0. The van der Waals surface area contributed by atoms with Crippen LogP contribution in [0.15, 0.2) is 30.3 Å². The molecule has 0 aliphatic heterocycles. The number of nitrogens with zero attached hydrogens (tertiary/aromatic N) is 2. The molecule has 0 radical (unpaired) electrons. The molecule has 0 amide bonds. The van der Waals surface area contributed by atoms with E-state index in [1.165, 1.54) is 7.11 Å². The first-order valence-electron chi connectivity index (χ1n) is 6.46. The third kappa shape index (κ3) is 4.06. The minimum atomic E-state index is 0.268. The van der Waals surface area contributed by atoms with Gasteiger partial charge in [0.15, 0.2) is 0 Å². The van der Waals surface area contributed by atoms with Crippen LogP contribution in [0.5, 0.6) is 17.6 Å². The molecule has 0 aliphatic rings. The Bertz CT molecular complexity index is 550. The van der Waals surface area contributed by atoms with Crippen molar-refractivity contribution in [3.05, 3.63) is 30.3 Å². The molecular weight excluding hydrogens is 272 g/mol. The van der Waals surface area contributed by atoms with Crippen molar-refractivity contribution in [1.82, 2.24) is 9.97 Å². The van der Waals surface area contributed by atoms with E-state index in [9.17, 15) is 0 Å². The van der Waals surface area contributed by atoms with Gasteiger partial charge in [-0.2, -0.15) is 9.97 Å². The Labute approximate surface area is 123 Å². The van der Waals surface area contributed by atoms with Crippen molar-refractivity contribution in [3.8, 4) is 28.9 Å².